The standard InChI is InChI=1S/C23H24FNO3/c1-14-2-3-17(16-4-6-18(24)7-5-16)12-19(14)20-21(27)23(25-22(20)28)10-8-15(13-26)9-11-23/h2-7,12,15,26-27H,8-11,13H2,1H3,(H,25,28)/t15-,23+. The van der Waals surface area contributed by atoms with Gasteiger partial charge in [-0.15, -0.1) is 0 Å². The van der Waals surface area contributed by atoms with Gasteiger partial charge in [0.15, 0.2) is 0 Å². The summed E-state index contributed by atoms with van der Waals surface area (Å²) >= 11 is 0. The molecule has 5 heteroatoms. The van der Waals surface area contributed by atoms with Gasteiger partial charge >= 0.3 is 0 Å². The number of rotatable bonds is 3. The lowest BCUT2D eigenvalue weighted by molar-refractivity contribution is -0.116. The van der Waals surface area contributed by atoms with Crippen LogP contribution >= 0.6 is 0 Å². The monoisotopic (exact) mass is 381 g/mol. The summed E-state index contributed by atoms with van der Waals surface area (Å²) in [7, 11) is 0. The Morgan fingerprint density at radius 2 is 1.75 bits per heavy atom. The summed E-state index contributed by atoms with van der Waals surface area (Å²) in [6, 6.07) is 11.9. The lowest BCUT2D eigenvalue weighted by atomic mass is 9.76. The number of hydrogen-bond acceptors (Lipinski definition) is 3. The summed E-state index contributed by atoms with van der Waals surface area (Å²) in [5.74, 6) is -0.234. The van der Waals surface area contributed by atoms with Crippen molar-refractivity contribution >= 4 is 11.5 Å². The van der Waals surface area contributed by atoms with Crippen molar-refractivity contribution in [2.45, 2.75) is 38.1 Å². The van der Waals surface area contributed by atoms with Crippen LogP contribution in [0.1, 0.15) is 36.8 Å². The molecule has 0 bridgehead atoms. The van der Waals surface area contributed by atoms with Gasteiger partial charge in [-0.25, -0.2) is 4.39 Å². The summed E-state index contributed by atoms with van der Waals surface area (Å²) in [4.78, 5) is 12.8. The third-order valence-corrected chi connectivity index (χ3v) is 6.17. The highest BCUT2D eigenvalue weighted by Gasteiger charge is 2.47. The van der Waals surface area contributed by atoms with E-state index in [1.165, 1.54) is 12.1 Å². The maximum absolute atomic E-state index is 13.2. The molecule has 1 aliphatic carbocycles. The van der Waals surface area contributed by atoms with E-state index in [9.17, 15) is 19.4 Å². The smallest absolute Gasteiger partial charge is 0.256 e. The van der Waals surface area contributed by atoms with E-state index in [-0.39, 0.29) is 30.0 Å². The zero-order chi connectivity index (χ0) is 19.9. The minimum absolute atomic E-state index is 0.105. The molecule has 2 aromatic carbocycles. The summed E-state index contributed by atoms with van der Waals surface area (Å²) in [6.07, 6.45) is 2.78. The van der Waals surface area contributed by atoms with Crippen LogP contribution in [-0.4, -0.2) is 28.3 Å². The molecular weight excluding hydrogens is 357 g/mol. The van der Waals surface area contributed by atoms with Crippen molar-refractivity contribution in [3.8, 4) is 11.1 Å². The van der Waals surface area contributed by atoms with Crippen molar-refractivity contribution in [1.82, 2.24) is 5.32 Å². The molecule has 0 aromatic heterocycles. The molecule has 1 saturated carbocycles. The molecule has 1 heterocycles. The van der Waals surface area contributed by atoms with E-state index in [1.54, 1.807) is 12.1 Å². The first-order valence-electron chi connectivity index (χ1n) is 9.67. The van der Waals surface area contributed by atoms with Crippen LogP contribution in [0.4, 0.5) is 4.39 Å². The van der Waals surface area contributed by atoms with E-state index in [4.69, 9.17) is 0 Å². The minimum atomic E-state index is -0.726. The number of aryl methyl sites for hydroxylation is 1. The van der Waals surface area contributed by atoms with Gasteiger partial charge in [0, 0.05) is 6.61 Å². The predicted octanol–water partition coefficient (Wildman–Crippen LogP) is 4.12. The molecular formula is C23H24FNO3. The van der Waals surface area contributed by atoms with Crippen molar-refractivity contribution in [3.63, 3.8) is 0 Å². The lowest BCUT2D eigenvalue weighted by Crippen LogP contribution is -2.47. The summed E-state index contributed by atoms with van der Waals surface area (Å²) in [6.45, 7) is 2.05. The molecule has 4 rings (SSSR count). The zero-order valence-corrected chi connectivity index (χ0v) is 15.8. The van der Waals surface area contributed by atoms with Crippen molar-refractivity contribution in [3.05, 3.63) is 65.2 Å². The predicted molar refractivity (Wildman–Crippen MR) is 106 cm³/mol. The van der Waals surface area contributed by atoms with Crippen LogP contribution < -0.4 is 5.32 Å². The Labute approximate surface area is 163 Å². The van der Waals surface area contributed by atoms with Crippen LogP contribution in [0.25, 0.3) is 16.7 Å². The van der Waals surface area contributed by atoms with Gasteiger partial charge in [0.05, 0.1) is 11.1 Å². The largest absolute Gasteiger partial charge is 0.509 e. The third kappa shape index (κ3) is 3.10. The fourth-order valence-electron chi connectivity index (χ4n) is 4.36. The molecule has 1 spiro atoms. The maximum Gasteiger partial charge on any atom is 0.256 e. The van der Waals surface area contributed by atoms with Crippen molar-refractivity contribution in [2.24, 2.45) is 5.92 Å². The lowest BCUT2D eigenvalue weighted by Gasteiger charge is -2.36. The Bertz CT molecular complexity index is 941. The highest BCUT2D eigenvalue weighted by Crippen LogP contribution is 2.43. The van der Waals surface area contributed by atoms with E-state index in [0.29, 0.717) is 24.0 Å². The fraction of sp³-hybridized carbons (Fsp3) is 0.348. The number of nitrogens with one attached hydrogen (secondary N) is 1. The number of amides is 1. The first kappa shape index (κ1) is 18.7. The topological polar surface area (TPSA) is 69.6 Å². The van der Waals surface area contributed by atoms with Crippen LogP contribution in [-0.2, 0) is 4.79 Å². The van der Waals surface area contributed by atoms with Gasteiger partial charge in [0.25, 0.3) is 5.91 Å². The van der Waals surface area contributed by atoms with E-state index in [2.05, 4.69) is 5.32 Å². The van der Waals surface area contributed by atoms with Gasteiger partial charge in [0.1, 0.15) is 11.6 Å². The fourth-order valence-corrected chi connectivity index (χ4v) is 4.36. The average Bonchev–Trinajstić information content (AvgIpc) is 2.93. The van der Waals surface area contributed by atoms with Crippen LogP contribution in [0.15, 0.2) is 48.2 Å². The van der Waals surface area contributed by atoms with Crippen LogP contribution in [0.5, 0.6) is 0 Å². The van der Waals surface area contributed by atoms with Crippen LogP contribution in [0.3, 0.4) is 0 Å². The first-order chi connectivity index (χ1) is 13.4. The maximum atomic E-state index is 13.2. The molecule has 2 aliphatic rings. The molecule has 0 radical (unpaired) electrons. The Morgan fingerprint density at radius 3 is 2.39 bits per heavy atom. The Balaban J connectivity index is 1.74. The second kappa shape index (κ2) is 7.06. The molecule has 0 saturated heterocycles. The van der Waals surface area contributed by atoms with E-state index < -0.39 is 5.54 Å². The van der Waals surface area contributed by atoms with E-state index >= 15 is 0 Å². The Kier molecular flexibility index (Phi) is 4.71. The molecule has 4 nitrogen and oxygen atoms in total. The SMILES string of the molecule is Cc1ccc(-c2ccc(F)cc2)cc1C1=C(O)[C@]2(CC[C@H](CO)CC2)NC1=O. The summed E-state index contributed by atoms with van der Waals surface area (Å²) < 4.78 is 13.2. The number of carbonyl (C=O) groups excluding carboxylic acids is 1. The molecule has 0 atom stereocenters. The summed E-state index contributed by atoms with van der Waals surface area (Å²) in [5.41, 5.74) is 2.89. The van der Waals surface area contributed by atoms with Crippen LogP contribution in [0.2, 0.25) is 0 Å². The highest BCUT2D eigenvalue weighted by molar-refractivity contribution is 6.23. The number of aliphatic hydroxyl groups is 2. The molecule has 1 amide bonds. The van der Waals surface area contributed by atoms with Crippen LogP contribution in [0, 0.1) is 18.7 Å². The van der Waals surface area contributed by atoms with E-state index in [0.717, 1.165) is 29.5 Å². The molecule has 2 aromatic rings. The van der Waals surface area contributed by atoms with Gasteiger partial charge < -0.3 is 15.5 Å². The average molecular weight is 381 g/mol. The number of hydrogen-bond donors (Lipinski definition) is 3. The van der Waals surface area contributed by atoms with Gasteiger partial charge in [0.2, 0.25) is 0 Å². The van der Waals surface area contributed by atoms with Crippen molar-refractivity contribution in [1.29, 1.82) is 0 Å². The van der Waals surface area contributed by atoms with Gasteiger partial charge in [-0.3, -0.25) is 4.79 Å². The van der Waals surface area contributed by atoms with Gasteiger partial charge in [-0.1, -0.05) is 24.3 Å². The van der Waals surface area contributed by atoms with Gasteiger partial charge in [-0.05, 0) is 79.0 Å². The normalized spacial score (nSPS) is 24.7. The minimum Gasteiger partial charge on any atom is -0.509 e. The second-order valence-corrected chi connectivity index (χ2v) is 7.92. The zero-order valence-electron chi connectivity index (χ0n) is 15.8. The molecule has 1 fully saturated rings. The summed E-state index contributed by atoms with van der Waals surface area (Å²) in [5, 5.41) is 23.4. The second-order valence-electron chi connectivity index (χ2n) is 7.92. The van der Waals surface area contributed by atoms with Crippen molar-refractivity contribution < 1.29 is 19.4 Å². The number of carbonyl (C=O) groups is 1. The Morgan fingerprint density at radius 1 is 1.11 bits per heavy atom. The Hall–Kier alpha value is -2.66. The number of halogens is 1. The molecule has 146 valence electrons. The number of aliphatic hydroxyl groups excluding tert-OH is 2. The molecule has 1 aliphatic heterocycles. The van der Waals surface area contributed by atoms with E-state index in [1.807, 2.05) is 25.1 Å². The molecule has 3 N–H and O–H groups in total. The molecule has 0 unspecified atom stereocenters. The number of benzene rings is 2. The highest BCUT2D eigenvalue weighted by atomic mass is 19.1. The van der Waals surface area contributed by atoms with Gasteiger partial charge in [-0.2, -0.15) is 0 Å². The molecule has 28 heavy (non-hydrogen) atoms. The third-order valence-electron chi connectivity index (χ3n) is 6.17. The van der Waals surface area contributed by atoms with Crippen molar-refractivity contribution in [2.75, 3.05) is 6.61 Å². The quantitative estimate of drug-likeness (QED) is 0.749. The first-order valence-corrected chi connectivity index (χ1v) is 9.67.